The number of hydrogen-bond donors (Lipinski definition) is 2. The highest BCUT2D eigenvalue weighted by molar-refractivity contribution is 5.94. The van der Waals surface area contributed by atoms with Crippen LogP contribution in [-0.4, -0.2) is 23.7 Å². The highest BCUT2D eigenvalue weighted by Crippen LogP contribution is 2.02. The van der Waals surface area contributed by atoms with Crippen LogP contribution in [0.15, 0.2) is 24.3 Å². The zero-order valence-electron chi connectivity index (χ0n) is 9.16. The van der Waals surface area contributed by atoms with Crippen molar-refractivity contribution in [1.29, 1.82) is 0 Å². The summed E-state index contributed by atoms with van der Waals surface area (Å²) in [6.07, 6.45) is 0.188. The minimum Gasteiger partial charge on any atom is -0.391 e. The van der Waals surface area contributed by atoms with E-state index in [4.69, 9.17) is 0 Å². The minimum atomic E-state index is -0.459. The molecule has 0 saturated heterocycles. The molecule has 1 aromatic rings. The number of aliphatic hydroxyl groups excluding tert-OH is 1. The molecule has 0 radical (unpaired) electrons. The maximum atomic E-state index is 11.6. The van der Waals surface area contributed by atoms with Crippen LogP contribution in [0.25, 0.3) is 0 Å². The van der Waals surface area contributed by atoms with Crippen molar-refractivity contribution in [3.63, 3.8) is 0 Å². The fourth-order valence-corrected chi connectivity index (χ4v) is 1.16. The average Bonchev–Trinajstić information content (AvgIpc) is 2.26. The fraction of sp³-hybridized carbons (Fsp3) is 0.417. The Bertz CT molecular complexity index is 319. The van der Waals surface area contributed by atoms with Crippen LogP contribution >= 0.6 is 0 Å². The highest BCUT2D eigenvalue weighted by atomic mass is 16.3. The zero-order chi connectivity index (χ0) is 11.3. The van der Waals surface area contributed by atoms with Gasteiger partial charge < -0.3 is 10.4 Å². The van der Waals surface area contributed by atoms with Gasteiger partial charge in [0, 0.05) is 12.1 Å². The summed E-state index contributed by atoms with van der Waals surface area (Å²) < 4.78 is 0. The van der Waals surface area contributed by atoms with Gasteiger partial charge in [-0.25, -0.2) is 0 Å². The fourth-order valence-electron chi connectivity index (χ4n) is 1.16. The Morgan fingerprint density at radius 2 is 2.00 bits per heavy atom. The number of carbonyl (C=O) groups is 1. The third-order valence-electron chi connectivity index (χ3n) is 2.28. The van der Waals surface area contributed by atoms with Gasteiger partial charge in [-0.3, -0.25) is 4.79 Å². The van der Waals surface area contributed by atoms with Crippen LogP contribution < -0.4 is 5.32 Å². The van der Waals surface area contributed by atoms with E-state index in [-0.39, 0.29) is 5.91 Å². The molecule has 1 aromatic carbocycles. The van der Waals surface area contributed by atoms with Gasteiger partial charge in [0.25, 0.3) is 5.91 Å². The van der Waals surface area contributed by atoms with Gasteiger partial charge in [-0.1, -0.05) is 24.6 Å². The van der Waals surface area contributed by atoms with Crippen molar-refractivity contribution in [2.75, 3.05) is 6.54 Å². The lowest BCUT2D eigenvalue weighted by Crippen LogP contribution is -2.31. The highest BCUT2D eigenvalue weighted by Gasteiger charge is 2.06. The maximum absolute atomic E-state index is 11.6. The first kappa shape index (κ1) is 11.7. The van der Waals surface area contributed by atoms with Crippen molar-refractivity contribution < 1.29 is 9.90 Å². The molecule has 15 heavy (non-hydrogen) atoms. The molecule has 0 saturated carbocycles. The maximum Gasteiger partial charge on any atom is 0.251 e. The molecule has 0 aliphatic heterocycles. The molecule has 0 bridgehead atoms. The van der Waals surface area contributed by atoms with Gasteiger partial charge in [0.05, 0.1) is 6.10 Å². The smallest absolute Gasteiger partial charge is 0.251 e. The molecule has 1 atom stereocenters. The second-order valence-electron chi connectivity index (χ2n) is 3.64. The van der Waals surface area contributed by atoms with E-state index in [1.807, 2.05) is 26.0 Å². The third-order valence-corrected chi connectivity index (χ3v) is 2.28. The van der Waals surface area contributed by atoms with Gasteiger partial charge in [0.2, 0.25) is 0 Å². The number of rotatable bonds is 4. The summed E-state index contributed by atoms with van der Waals surface area (Å²) in [5, 5.41) is 12.0. The van der Waals surface area contributed by atoms with Crippen molar-refractivity contribution in [2.24, 2.45) is 0 Å². The molecule has 0 aliphatic rings. The van der Waals surface area contributed by atoms with Crippen LogP contribution in [-0.2, 0) is 0 Å². The van der Waals surface area contributed by atoms with E-state index >= 15 is 0 Å². The number of nitrogens with one attached hydrogen (secondary N) is 1. The van der Waals surface area contributed by atoms with E-state index in [1.165, 1.54) is 0 Å². The number of carbonyl (C=O) groups excluding carboxylic acids is 1. The van der Waals surface area contributed by atoms with Crippen molar-refractivity contribution >= 4 is 5.91 Å². The minimum absolute atomic E-state index is 0.137. The van der Waals surface area contributed by atoms with Crippen LogP contribution in [0.2, 0.25) is 0 Å². The van der Waals surface area contributed by atoms with Crippen LogP contribution in [0, 0.1) is 6.92 Å². The van der Waals surface area contributed by atoms with E-state index in [0.29, 0.717) is 18.5 Å². The molecule has 0 aromatic heterocycles. The molecule has 82 valence electrons. The SMILES string of the molecule is CC[C@@H](O)CNC(=O)c1ccc(C)cc1. The first-order valence-electron chi connectivity index (χ1n) is 5.16. The molecular formula is C12H17NO2. The van der Waals surface area contributed by atoms with Gasteiger partial charge >= 0.3 is 0 Å². The second kappa shape index (κ2) is 5.51. The largest absolute Gasteiger partial charge is 0.391 e. The molecule has 1 amide bonds. The molecule has 3 heteroatoms. The lowest BCUT2D eigenvalue weighted by molar-refractivity contribution is 0.0914. The molecule has 3 nitrogen and oxygen atoms in total. The molecule has 0 unspecified atom stereocenters. The summed E-state index contributed by atoms with van der Waals surface area (Å²) in [6, 6.07) is 7.35. The van der Waals surface area contributed by atoms with Gasteiger partial charge in [0.15, 0.2) is 0 Å². The van der Waals surface area contributed by atoms with Gasteiger partial charge in [-0.15, -0.1) is 0 Å². The summed E-state index contributed by atoms with van der Waals surface area (Å²) in [4.78, 5) is 11.6. The molecular weight excluding hydrogens is 190 g/mol. The number of benzene rings is 1. The number of aliphatic hydroxyl groups is 1. The van der Waals surface area contributed by atoms with Crippen LogP contribution in [0.1, 0.15) is 29.3 Å². The second-order valence-corrected chi connectivity index (χ2v) is 3.64. The van der Waals surface area contributed by atoms with E-state index < -0.39 is 6.10 Å². The van der Waals surface area contributed by atoms with E-state index in [9.17, 15) is 9.90 Å². The zero-order valence-corrected chi connectivity index (χ0v) is 9.16. The van der Waals surface area contributed by atoms with Crippen molar-refractivity contribution in [3.8, 4) is 0 Å². The Balaban J connectivity index is 2.50. The summed E-state index contributed by atoms with van der Waals surface area (Å²) in [5.41, 5.74) is 1.75. The molecule has 0 aliphatic carbocycles. The number of amides is 1. The Labute approximate surface area is 90.1 Å². The van der Waals surface area contributed by atoms with Crippen LogP contribution in [0.4, 0.5) is 0 Å². The number of hydrogen-bond acceptors (Lipinski definition) is 2. The first-order chi connectivity index (χ1) is 7.13. The predicted molar refractivity (Wildman–Crippen MR) is 59.8 cm³/mol. The van der Waals surface area contributed by atoms with Crippen molar-refractivity contribution in [1.82, 2.24) is 5.32 Å². The van der Waals surface area contributed by atoms with Crippen LogP contribution in [0.5, 0.6) is 0 Å². The summed E-state index contributed by atoms with van der Waals surface area (Å²) in [7, 11) is 0. The number of aryl methyl sites for hydroxylation is 1. The monoisotopic (exact) mass is 207 g/mol. The topological polar surface area (TPSA) is 49.3 Å². The Morgan fingerprint density at radius 3 is 2.53 bits per heavy atom. The summed E-state index contributed by atoms with van der Waals surface area (Å²) in [6.45, 7) is 4.16. The van der Waals surface area contributed by atoms with E-state index in [1.54, 1.807) is 12.1 Å². The van der Waals surface area contributed by atoms with Crippen LogP contribution in [0.3, 0.4) is 0 Å². The first-order valence-corrected chi connectivity index (χ1v) is 5.16. The van der Waals surface area contributed by atoms with E-state index in [0.717, 1.165) is 5.56 Å². The lowest BCUT2D eigenvalue weighted by atomic mass is 10.1. The molecule has 0 spiro atoms. The summed E-state index contributed by atoms with van der Waals surface area (Å²) >= 11 is 0. The molecule has 2 N–H and O–H groups in total. The Morgan fingerprint density at radius 1 is 1.40 bits per heavy atom. The third kappa shape index (κ3) is 3.72. The van der Waals surface area contributed by atoms with Crippen molar-refractivity contribution in [3.05, 3.63) is 35.4 Å². The van der Waals surface area contributed by atoms with E-state index in [2.05, 4.69) is 5.32 Å². The van der Waals surface area contributed by atoms with Crippen molar-refractivity contribution in [2.45, 2.75) is 26.4 Å². The van der Waals surface area contributed by atoms with Gasteiger partial charge in [-0.05, 0) is 25.5 Å². The normalized spacial score (nSPS) is 12.2. The standard InChI is InChI=1S/C12H17NO2/c1-3-11(14)8-13-12(15)10-6-4-9(2)5-7-10/h4-7,11,14H,3,8H2,1-2H3,(H,13,15)/t11-/m1/s1. The average molecular weight is 207 g/mol. The molecule has 0 heterocycles. The molecule has 1 rings (SSSR count). The summed E-state index contributed by atoms with van der Waals surface area (Å²) in [5.74, 6) is -0.137. The van der Waals surface area contributed by atoms with Gasteiger partial charge in [-0.2, -0.15) is 0 Å². The predicted octanol–water partition coefficient (Wildman–Crippen LogP) is 1.50. The molecule has 0 fully saturated rings. The quantitative estimate of drug-likeness (QED) is 0.786. The Hall–Kier alpha value is -1.35. The Kier molecular flexibility index (Phi) is 4.31. The lowest BCUT2D eigenvalue weighted by Gasteiger charge is -2.09. The van der Waals surface area contributed by atoms with Gasteiger partial charge in [0.1, 0.15) is 0 Å².